The molecule has 0 saturated carbocycles. The zero-order chi connectivity index (χ0) is 15.6. The molecule has 1 aliphatic heterocycles. The standard InChI is InChI=1S/C16H21FN2O2/c1-10(2)18-16(21)12-8-9-14(20)19(3)15(12)11-6-4-5-7-13(11)17/h4-7,10,12,15H,8-9H2,1-3H3,(H,18,21)/t12-,15-/m0/s1. The van der Waals surface area contributed by atoms with Crippen LogP contribution in [0.4, 0.5) is 4.39 Å². The molecule has 2 amide bonds. The van der Waals surface area contributed by atoms with Crippen LogP contribution in [0.1, 0.15) is 38.3 Å². The van der Waals surface area contributed by atoms with Crippen molar-refractivity contribution in [2.45, 2.75) is 38.8 Å². The van der Waals surface area contributed by atoms with Crippen molar-refractivity contribution in [1.82, 2.24) is 10.2 Å². The van der Waals surface area contributed by atoms with Gasteiger partial charge in [-0.25, -0.2) is 4.39 Å². The Morgan fingerprint density at radius 2 is 2.05 bits per heavy atom. The second-order valence-corrected chi connectivity index (χ2v) is 5.78. The average Bonchev–Trinajstić information content (AvgIpc) is 2.42. The fourth-order valence-electron chi connectivity index (χ4n) is 2.84. The fourth-order valence-corrected chi connectivity index (χ4v) is 2.84. The second-order valence-electron chi connectivity index (χ2n) is 5.78. The Balaban J connectivity index is 2.36. The van der Waals surface area contributed by atoms with Crippen LogP contribution >= 0.6 is 0 Å². The third-order valence-corrected chi connectivity index (χ3v) is 3.85. The molecule has 0 unspecified atom stereocenters. The van der Waals surface area contributed by atoms with Crippen molar-refractivity contribution in [3.05, 3.63) is 35.6 Å². The van der Waals surface area contributed by atoms with Crippen molar-refractivity contribution in [1.29, 1.82) is 0 Å². The number of amides is 2. The maximum Gasteiger partial charge on any atom is 0.225 e. The van der Waals surface area contributed by atoms with Crippen LogP contribution in [-0.2, 0) is 9.59 Å². The molecule has 1 saturated heterocycles. The summed E-state index contributed by atoms with van der Waals surface area (Å²) in [6.07, 6.45) is 0.762. The molecule has 0 bridgehead atoms. The van der Waals surface area contributed by atoms with E-state index in [-0.39, 0.29) is 23.7 Å². The van der Waals surface area contributed by atoms with Crippen LogP contribution in [0.25, 0.3) is 0 Å². The molecule has 1 aromatic rings. The number of piperidine rings is 1. The molecule has 0 aliphatic carbocycles. The molecule has 0 spiro atoms. The molecule has 0 radical (unpaired) electrons. The van der Waals surface area contributed by atoms with Gasteiger partial charge in [-0.15, -0.1) is 0 Å². The monoisotopic (exact) mass is 292 g/mol. The normalized spacial score (nSPS) is 22.5. The molecule has 1 fully saturated rings. The highest BCUT2D eigenvalue weighted by Gasteiger charge is 2.39. The van der Waals surface area contributed by atoms with Crippen molar-refractivity contribution < 1.29 is 14.0 Å². The summed E-state index contributed by atoms with van der Waals surface area (Å²) < 4.78 is 14.1. The van der Waals surface area contributed by atoms with Gasteiger partial charge in [0.2, 0.25) is 11.8 Å². The molecule has 1 aromatic carbocycles. The van der Waals surface area contributed by atoms with E-state index in [1.807, 2.05) is 13.8 Å². The van der Waals surface area contributed by atoms with Crippen molar-refractivity contribution in [2.24, 2.45) is 5.92 Å². The van der Waals surface area contributed by atoms with Crippen LogP contribution in [0.2, 0.25) is 0 Å². The lowest BCUT2D eigenvalue weighted by atomic mass is 9.83. The lowest BCUT2D eigenvalue weighted by Gasteiger charge is -2.38. The largest absolute Gasteiger partial charge is 0.354 e. The van der Waals surface area contributed by atoms with Gasteiger partial charge in [0.05, 0.1) is 12.0 Å². The molecule has 2 atom stereocenters. The molecule has 2 rings (SSSR count). The third-order valence-electron chi connectivity index (χ3n) is 3.85. The summed E-state index contributed by atoms with van der Waals surface area (Å²) in [7, 11) is 1.63. The third kappa shape index (κ3) is 3.23. The molecule has 5 heteroatoms. The lowest BCUT2D eigenvalue weighted by molar-refractivity contribution is -0.141. The highest BCUT2D eigenvalue weighted by atomic mass is 19.1. The SMILES string of the molecule is CC(C)NC(=O)[C@H]1CCC(=O)N(C)[C@H]1c1ccccc1F. The van der Waals surface area contributed by atoms with Gasteiger partial charge in [0, 0.05) is 25.1 Å². The van der Waals surface area contributed by atoms with Crippen molar-refractivity contribution in [3.8, 4) is 0 Å². The minimum atomic E-state index is -0.550. The summed E-state index contributed by atoms with van der Waals surface area (Å²) in [5.74, 6) is -0.993. The smallest absolute Gasteiger partial charge is 0.225 e. The number of halogens is 1. The first kappa shape index (κ1) is 15.5. The van der Waals surface area contributed by atoms with E-state index in [0.29, 0.717) is 18.4 Å². The van der Waals surface area contributed by atoms with Crippen LogP contribution in [0.5, 0.6) is 0 Å². The Labute approximate surface area is 124 Å². The van der Waals surface area contributed by atoms with Crippen LogP contribution in [0.3, 0.4) is 0 Å². The molecule has 1 N–H and O–H groups in total. The molecular formula is C16H21FN2O2. The van der Waals surface area contributed by atoms with E-state index in [9.17, 15) is 14.0 Å². The van der Waals surface area contributed by atoms with E-state index in [4.69, 9.17) is 0 Å². The number of likely N-dealkylation sites (tertiary alicyclic amines) is 1. The number of carbonyl (C=O) groups is 2. The number of carbonyl (C=O) groups excluding carboxylic acids is 2. The second kappa shape index (κ2) is 6.24. The minimum absolute atomic E-state index is 0.0155. The number of benzene rings is 1. The number of nitrogens with zero attached hydrogens (tertiary/aromatic N) is 1. The maximum absolute atomic E-state index is 14.1. The van der Waals surface area contributed by atoms with Crippen molar-refractivity contribution in [2.75, 3.05) is 7.05 Å². The minimum Gasteiger partial charge on any atom is -0.354 e. The highest BCUT2D eigenvalue weighted by molar-refractivity contribution is 5.85. The molecule has 0 aromatic heterocycles. The topological polar surface area (TPSA) is 49.4 Å². The quantitative estimate of drug-likeness (QED) is 0.929. The van der Waals surface area contributed by atoms with E-state index in [2.05, 4.69) is 5.32 Å². The van der Waals surface area contributed by atoms with Crippen LogP contribution in [0, 0.1) is 11.7 Å². The average molecular weight is 292 g/mol. The summed E-state index contributed by atoms with van der Waals surface area (Å²) in [4.78, 5) is 25.8. The summed E-state index contributed by atoms with van der Waals surface area (Å²) in [5, 5.41) is 2.87. The summed E-state index contributed by atoms with van der Waals surface area (Å²) in [6.45, 7) is 3.77. The Kier molecular flexibility index (Phi) is 4.60. The first-order valence-electron chi connectivity index (χ1n) is 7.22. The lowest BCUT2D eigenvalue weighted by Crippen LogP contribution is -2.47. The molecular weight excluding hydrogens is 271 g/mol. The number of hydrogen-bond donors (Lipinski definition) is 1. The molecule has 1 heterocycles. The predicted molar refractivity (Wildman–Crippen MR) is 77.9 cm³/mol. The Morgan fingerprint density at radius 1 is 1.38 bits per heavy atom. The zero-order valence-corrected chi connectivity index (χ0v) is 12.6. The van der Waals surface area contributed by atoms with Gasteiger partial charge in [-0.3, -0.25) is 9.59 Å². The van der Waals surface area contributed by atoms with Crippen LogP contribution < -0.4 is 5.32 Å². The van der Waals surface area contributed by atoms with E-state index in [1.54, 1.807) is 25.2 Å². The van der Waals surface area contributed by atoms with E-state index >= 15 is 0 Å². The fraction of sp³-hybridized carbons (Fsp3) is 0.500. The first-order valence-corrected chi connectivity index (χ1v) is 7.22. The summed E-state index contributed by atoms with van der Waals surface area (Å²) in [5.41, 5.74) is 0.400. The van der Waals surface area contributed by atoms with Gasteiger partial charge in [0.1, 0.15) is 5.82 Å². The summed E-state index contributed by atoms with van der Waals surface area (Å²) in [6, 6.07) is 5.80. The van der Waals surface area contributed by atoms with Crippen LogP contribution in [-0.4, -0.2) is 29.8 Å². The van der Waals surface area contributed by atoms with Crippen molar-refractivity contribution in [3.63, 3.8) is 0 Å². The maximum atomic E-state index is 14.1. The molecule has 114 valence electrons. The predicted octanol–water partition coefficient (Wildman–Crippen LogP) is 2.26. The summed E-state index contributed by atoms with van der Waals surface area (Å²) >= 11 is 0. The van der Waals surface area contributed by atoms with Gasteiger partial charge in [-0.05, 0) is 26.3 Å². The van der Waals surface area contributed by atoms with E-state index in [0.717, 1.165) is 0 Å². The van der Waals surface area contributed by atoms with Gasteiger partial charge in [-0.1, -0.05) is 18.2 Å². The molecule has 21 heavy (non-hydrogen) atoms. The first-order chi connectivity index (χ1) is 9.91. The highest BCUT2D eigenvalue weighted by Crippen LogP contribution is 2.36. The van der Waals surface area contributed by atoms with E-state index < -0.39 is 12.0 Å². The van der Waals surface area contributed by atoms with Gasteiger partial charge in [0.15, 0.2) is 0 Å². The molecule has 1 aliphatic rings. The Bertz CT molecular complexity index is 545. The van der Waals surface area contributed by atoms with Crippen LogP contribution in [0.15, 0.2) is 24.3 Å². The number of hydrogen-bond acceptors (Lipinski definition) is 2. The van der Waals surface area contributed by atoms with Gasteiger partial charge in [-0.2, -0.15) is 0 Å². The van der Waals surface area contributed by atoms with E-state index in [1.165, 1.54) is 11.0 Å². The zero-order valence-electron chi connectivity index (χ0n) is 12.6. The Morgan fingerprint density at radius 3 is 2.67 bits per heavy atom. The number of rotatable bonds is 3. The van der Waals surface area contributed by atoms with Gasteiger partial charge < -0.3 is 10.2 Å². The number of nitrogens with one attached hydrogen (secondary N) is 1. The van der Waals surface area contributed by atoms with Crippen molar-refractivity contribution >= 4 is 11.8 Å². The van der Waals surface area contributed by atoms with Gasteiger partial charge >= 0.3 is 0 Å². The Hall–Kier alpha value is -1.91. The molecule has 4 nitrogen and oxygen atoms in total. The van der Waals surface area contributed by atoms with Gasteiger partial charge in [0.25, 0.3) is 0 Å².